The predicted octanol–water partition coefficient (Wildman–Crippen LogP) is 7.86. The van der Waals surface area contributed by atoms with Gasteiger partial charge in [0.15, 0.2) is 9.84 Å². The Morgan fingerprint density at radius 2 is 1.57 bits per heavy atom. The number of anilines is 3. The van der Waals surface area contributed by atoms with Crippen molar-refractivity contribution in [2.24, 2.45) is 5.92 Å². The molecule has 0 spiro atoms. The highest BCUT2D eigenvalue weighted by molar-refractivity contribution is 7.92. The highest BCUT2D eigenvalue weighted by Crippen LogP contribution is 2.44. The molecule has 2 heterocycles. The Morgan fingerprint density at radius 3 is 2.27 bits per heavy atom. The van der Waals surface area contributed by atoms with Crippen molar-refractivity contribution in [1.29, 1.82) is 0 Å². The van der Waals surface area contributed by atoms with Crippen LogP contribution in [0.15, 0.2) is 95.9 Å². The van der Waals surface area contributed by atoms with Gasteiger partial charge in [-0.05, 0) is 74.7 Å². The highest BCUT2D eigenvalue weighted by atomic mass is 32.2. The van der Waals surface area contributed by atoms with E-state index < -0.39 is 21.1 Å². The fourth-order valence-electron chi connectivity index (χ4n) is 6.71. The lowest BCUT2D eigenvalue weighted by molar-refractivity contribution is 0.262. The molecule has 2 amide bonds. The fourth-order valence-corrected chi connectivity index (χ4v) is 9.05. The zero-order valence-electron chi connectivity index (χ0n) is 29.1. The molecule has 256 valence electrons. The summed E-state index contributed by atoms with van der Waals surface area (Å²) in [5.74, 6) is 0.362. The van der Waals surface area contributed by atoms with Crippen molar-refractivity contribution in [2.75, 3.05) is 42.7 Å². The fraction of sp³-hybridized carbons (Fsp3) is 0.333. The molecule has 10 heteroatoms. The van der Waals surface area contributed by atoms with Gasteiger partial charge in [0, 0.05) is 47.7 Å². The number of hydrogen-bond acceptors (Lipinski definition) is 6. The second-order valence-corrected chi connectivity index (χ2v) is 16.2. The Kier molecular flexibility index (Phi) is 9.55. The molecule has 1 saturated heterocycles. The second kappa shape index (κ2) is 13.7. The van der Waals surface area contributed by atoms with Crippen LogP contribution in [0.2, 0.25) is 0 Å². The van der Waals surface area contributed by atoms with Crippen LogP contribution in [0.4, 0.5) is 22.0 Å². The van der Waals surface area contributed by atoms with E-state index in [9.17, 15) is 4.79 Å². The Hall–Kier alpha value is -4.67. The number of nitrogens with one attached hydrogen (secondary N) is 3. The van der Waals surface area contributed by atoms with Crippen molar-refractivity contribution in [1.82, 2.24) is 15.1 Å². The summed E-state index contributed by atoms with van der Waals surface area (Å²) >= 11 is 0. The molecule has 5 aromatic rings. The molecular formula is C39H46N6O3S. The summed E-state index contributed by atoms with van der Waals surface area (Å²) in [5, 5.41) is 15.0. The van der Waals surface area contributed by atoms with E-state index >= 15 is 8.42 Å². The number of carbonyl (C=O) groups is 1. The molecule has 9 nitrogen and oxygen atoms in total. The standard InChI is InChI=1S/C39H46N6O3S/c1-26-17-19-28(20-18-26)45-36(25-35(43-45)39(2,3)4)42-38(46)41-32-14-8-7-11-31(32)37(27-21-23-40-24-22-27)49(47,48)34-16-10-12-29-30(34)13-9-15-33(29)44(5)6/h7-20,25,27,37,40H,21-24H2,1-6H3,(H2,41,42,46). The van der Waals surface area contributed by atoms with Gasteiger partial charge in [0.2, 0.25) is 0 Å². The number of benzene rings is 4. The first-order valence-corrected chi connectivity index (χ1v) is 18.4. The molecule has 4 aromatic carbocycles. The topological polar surface area (TPSA) is 108 Å². The molecule has 1 atom stereocenters. The van der Waals surface area contributed by atoms with Crippen molar-refractivity contribution < 1.29 is 13.2 Å². The molecule has 0 aliphatic carbocycles. The van der Waals surface area contributed by atoms with Crippen molar-refractivity contribution in [3.8, 4) is 5.69 Å². The Morgan fingerprint density at radius 1 is 0.898 bits per heavy atom. The number of urea groups is 1. The van der Waals surface area contributed by atoms with Crippen molar-refractivity contribution >= 4 is 43.8 Å². The number of aromatic nitrogens is 2. The number of piperidine rings is 1. The third-order valence-electron chi connectivity index (χ3n) is 9.31. The Labute approximate surface area is 289 Å². The van der Waals surface area contributed by atoms with Crippen molar-refractivity contribution in [2.45, 2.75) is 56.1 Å². The maximum atomic E-state index is 15.0. The summed E-state index contributed by atoms with van der Waals surface area (Å²) in [7, 11) is -0.0179. The second-order valence-electron chi connectivity index (χ2n) is 14.2. The first kappa shape index (κ1) is 34.2. The van der Waals surface area contributed by atoms with Crippen LogP contribution in [0.5, 0.6) is 0 Å². The maximum absolute atomic E-state index is 15.0. The van der Waals surface area contributed by atoms with Crippen LogP contribution in [0.25, 0.3) is 16.5 Å². The summed E-state index contributed by atoms with van der Waals surface area (Å²) < 4.78 is 31.7. The van der Waals surface area contributed by atoms with Gasteiger partial charge in [0.1, 0.15) is 5.82 Å². The molecule has 49 heavy (non-hydrogen) atoms. The SMILES string of the molecule is Cc1ccc(-n2nc(C(C)(C)C)cc2NC(=O)Nc2ccccc2C(C2CCNCC2)S(=O)(=O)c2cccc3c(N(C)C)cccc23)cc1. The number of sulfone groups is 1. The summed E-state index contributed by atoms with van der Waals surface area (Å²) in [6.45, 7) is 9.71. The smallest absolute Gasteiger partial charge is 0.324 e. The van der Waals surface area contributed by atoms with Crippen LogP contribution < -0.4 is 20.9 Å². The molecule has 0 bridgehead atoms. The zero-order valence-corrected chi connectivity index (χ0v) is 29.9. The predicted molar refractivity (Wildman–Crippen MR) is 200 cm³/mol. The molecule has 0 saturated carbocycles. The first-order valence-electron chi connectivity index (χ1n) is 16.8. The van der Waals surface area contributed by atoms with E-state index in [2.05, 4.69) is 36.7 Å². The zero-order chi connectivity index (χ0) is 34.9. The summed E-state index contributed by atoms with van der Waals surface area (Å²) in [4.78, 5) is 16.1. The summed E-state index contributed by atoms with van der Waals surface area (Å²) in [6, 6.07) is 27.9. The van der Waals surface area contributed by atoms with Gasteiger partial charge in [-0.1, -0.05) is 80.9 Å². The van der Waals surface area contributed by atoms with Gasteiger partial charge in [-0.25, -0.2) is 17.9 Å². The van der Waals surface area contributed by atoms with Crippen LogP contribution in [0.1, 0.15) is 55.7 Å². The lowest BCUT2D eigenvalue weighted by atomic mass is 9.89. The number of rotatable bonds is 8. The van der Waals surface area contributed by atoms with Crippen LogP contribution in [0, 0.1) is 12.8 Å². The molecular weight excluding hydrogens is 633 g/mol. The van der Waals surface area contributed by atoms with E-state index in [4.69, 9.17) is 5.10 Å². The third-order valence-corrected chi connectivity index (χ3v) is 11.6. The normalized spacial score (nSPS) is 14.8. The van der Waals surface area contributed by atoms with Crippen LogP contribution in [-0.4, -0.2) is 51.4 Å². The molecule has 1 aliphatic heterocycles. The maximum Gasteiger partial charge on any atom is 0.324 e. The van der Waals surface area contributed by atoms with Crippen molar-refractivity contribution in [3.63, 3.8) is 0 Å². The molecule has 1 aromatic heterocycles. The van der Waals surface area contributed by atoms with Crippen molar-refractivity contribution in [3.05, 3.63) is 108 Å². The Balaban J connectivity index is 1.39. The average molecular weight is 679 g/mol. The minimum atomic E-state index is -3.93. The molecule has 1 unspecified atom stereocenters. The number of amides is 2. The number of nitrogens with zero attached hydrogens (tertiary/aromatic N) is 3. The van der Waals surface area contributed by atoms with Gasteiger partial charge in [-0.2, -0.15) is 5.10 Å². The average Bonchev–Trinajstić information content (AvgIpc) is 3.50. The number of hydrogen-bond donors (Lipinski definition) is 3. The molecule has 0 radical (unpaired) electrons. The van der Waals surface area contributed by atoms with E-state index in [-0.39, 0.29) is 11.3 Å². The number of fused-ring (bicyclic) bond motifs is 1. The lowest BCUT2D eigenvalue weighted by Gasteiger charge is -2.32. The molecule has 6 rings (SSSR count). The summed E-state index contributed by atoms with van der Waals surface area (Å²) in [6.07, 6.45) is 1.40. The molecule has 1 fully saturated rings. The number of aryl methyl sites for hydroxylation is 1. The van der Waals surface area contributed by atoms with Gasteiger partial charge < -0.3 is 15.5 Å². The largest absolute Gasteiger partial charge is 0.377 e. The molecule has 1 aliphatic rings. The van der Waals surface area contributed by atoms with Crippen LogP contribution in [0.3, 0.4) is 0 Å². The van der Waals surface area contributed by atoms with Crippen LogP contribution in [-0.2, 0) is 15.3 Å². The minimum Gasteiger partial charge on any atom is -0.377 e. The van der Waals surface area contributed by atoms with Gasteiger partial charge in [-0.3, -0.25) is 5.32 Å². The van der Waals surface area contributed by atoms with E-state index in [0.717, 1.165) is 41.1 Å². The van der Waals surface area contributed by atoms with Gasteiger partial charge in [-0.15, -0.1) is 0 Å². The number of para-hydroxylation sites is 1. The monoisotopic (exact) mass is 678 g/mol. The van der Waals surface area contributed by atoms with E-state index in [1.54, 1.807) is 16.8 Å². The lowest BCUT2D eigenvalue weighted by Crippen LogP contribution is -2.34. The van der Waals surface area contributed by atoms with Crippen LogP contribution >= 0.6 is 0 Å². The first-order chi connectivity index (χ1) is 23.3. The van der Waals surface area contributed by atoms with E-state index in [1.165, 1.54) is 0 Å². The van der Waals surface area contributed by atoms with Gasteiger partial charge >= 0.3 is 6.03 Å². The number of carbonyl (C=O) groups excluding carboxylic acids is 1. The summed E-state index contributed by atoms with van der Waals surface area (Å²) in [5.41, 5.74) is 4.50. The highest BCUT2D eigenvalue weighted by Gasteiger charge is 2.39. The quantitative estimate of drug-likeness (QED) is 0.154. The van der Waals surface area contributed by atoms with E-state index in [0.29, 0.717) is 40.2 Å². The molecule has 3 N–H and O–H groups in total. The van der Waals surface area contributed by atoms with Gasteiger partial charge in [0.25, 0.3) is 0 Å². The van der Waals surface area contributed by atoms with E-state index in [1.807, 2.05) is 105 Å². The van der Waals surface area contributed by atoms with Gasteiger partial charge in [0.05, 0.1) is 21.5 Å². The minimum absolute atomic E-state index is 0.151. The third kappa shape index (κ3) is 7.07. The Bertz CT molecular complexity index is 2070.